The molecule has 16 heavy (non-hydrogen) atoms. The second kappa shape index (κ2) is 4.11. The first kappa shape index (κ1) is 10.9. The molecule has 2 N–H and O–H groups in total. The van der Waals surface area contributed by atoms with Crippen molar-refractivity contribution >= 4 is 10.0 Å². The molecule has 2 heterocycles. The summed E-state index contributed by atoms with van der Waals surface area (Å²) in [7, 11) is -3.53. The number of H-pyrrole nitrogens is 1. The Labute approximate surface area is 92.8 Å². The van der Waals surface area contributed by atoms with Gasteiger partial charge in [0.1, 0.15) is 5.82 Å². The summed E-state index contributed by atoms with van der Waals surface area (Å²) < 4.78 is 30.7. The number of rotatable bonds is 4. The molecule has 0 spiro atoms. The van der Waals surface area contributed by atoms with E-state index in [1.54, 1.807) is 13.0 Å². The third-order valence-electron chi connectivity index (χ3n) is 2.02. The summed E-state index contributed by atoms with van der Waals surface area (Å²) in [4.78, 5) is 6.50. The van der Waals surface area contributed by atoms with E-state index >= 15 is 0 Å². The molecule has 0 aliphatic rings. The molecule has 0 aliphatic heterocycles. The summed E-state index contributed by atoms with van der Waals surface area (Å²) in [5, 5.41) is 0.0634. The number of imidazole rings is 1. The highest BCUT2D eigenvalue weighted by Crippen LogP contribution is 2.06. The van der Waals surface area contributed by atoms with E-state index in [0.717, 1.165) is 5.56 Å². The summed E-state index contributed by atoms with van der Waals surface area (Å²) in [6.07, 6.45) is 4.26. The number of hydrogen-bond donors (Lipinski definition) is 2. The minimum absolute atomic E-state index is 0.0634. The fraction of sp³-hybridized carbons (Fsp3) is 0.222. The average Bonchev–Trinajstić information content (AvgIpc) is 2.85. The molecule has 0 amide bonds. The van der Waals surface area contributed by atoms with Crippen LogP contribution in [0.15, 0.2) is 34.2 Å². The van der Waals surface area contributed by atoms with Crippen LogP contribution in [0.25, 0.3) is 0 Å². The molecule has 0 atom stereocenters. The van der Waals surface area contributed by atoms with Crippen LogP contribution in [0.3, 0.4) is 0 Å². The highest BCUT2D eigenvalue weighted by molar-refractivity contribution is 7.89. The van der Waals surface area contributed by atoms with E-state index in [9.17, 15) is 8.42 Å². The lowest BCUT2D eigenvalue weighted by molar-refractivity contribution is 0.560. The third-order valence-corrected chi connectivity index (χ3v) is 3.33. The standard InChI is InChI=1S/C9H11N3O3S/c1-7-10-5-9(12-7)16(13,14)11-4-8-2-3-15-6-8/h2-3,5-6,11H,4H2,1H3,(H,10,12). The molecular weight excluding hydrogens is 230 g/mol. The van der Waals surface area contributed by atoms with Gasteiger partial charge >= 0.3 is 0 Å². The average molecular weight is 241 g/mol. The van der Waals surface area contributed by atoms with E-state index in [2.05, 4.69) is 14.7 Å². The number of nitrogens with one attached hydrogen (secondary N) is 2. The SMILES string of the molecule is Cc1ncc(S(=O)(=O)NCc2ccoc2)[nH]1. The van der Waals surface area contributed by atoms with E-state index in [4.69, 9.17) is 4.42 Å². The first-order valence-electron chi connectivity index (χ1n) is 4.60. The molecule has 0 aliphatic carbocycles. The Morgan fingerprint density at radius 2 is 2.38 bits per heavy atom. The van der Waals surface area contributed by atoms with Crippen LogP contribution >= 0.6 is 0 Å². The summed E-state index contributed by atoms with van der Waals surface area (Å²) in [5.41, 5.74) is 0.764. The minimum atomic E-state index is -3.53. The zero-order valence-electron chi connectivity index (χ0n) is 8.60. The molecule has 2 rings (SSSR count). The minimum Gasteiger partial charge on any atom is -0.472 e. The van der Waals surface area contributed by atoms with Gasteiger partial charge < -0.3 is 9.40 Å². The molecule has 0 unspecified atom stereocenters. The first-order valence-corrected chi connectivity index (χ1v) is 6.08. The molecular formula is C9H11N3O3S. The van der Waals surface area contributed by atoms with Crippen molar-refractivity contribution in [1.29, 1.82) is 0 Å². The molecule has 7 heteroatoms. The molecule has 2 aromatic heterocycles. The zero-order valence-corrected chi connectivity index (χ0v) is 9.41. The van der Waals surface area contributed by atoms with E-state index in [0.29, 0.717) is 5.82 Å². The lowest BCUT2D eigenvalue weighted by atomic mass is 10.4. The van der Waals surface area contributed by atoms with Crippen LogP contribution < -0.4 is 4.72 Å². The Morgan fingerprint density at radius 1 is 1.56 bits per heavy atom. The van der Waals surface area contributed by atoms with Crippen molar-refractivity contribution in [2.24, 2.45) is 0 Å². The smallest absolute Gasteiger partial charge is 0.257 e. The van der Waals surface area contributed by atoms with Crippen molar-refractivity contribution in [2.75, 3.05) is 0 Å². The van der Waals surface area contributed by atoms with Crippen molar-refractivity contribution < 1.29 is 12.8 Å². The fourth-order valence-corrected chi connectivity index (χ4v) is 2.17. The lowest BCUT2D eigenvalue weighted by Gasteiger charge is -2.02. The molecule has 0 fully saturated rings. The summed E-state index contributed by atoms with van der Waals surface area (Å²) in [5.74, 6) is 0.559. The normalized spacial score (nSPS) is 11.8. The van der Waals surface area contributed by atoms with Crippen LogP contribution in [0.1, 0.15) is 11.4 Å². The van der Waals surface area contributed by atoms with Gasteiger partial charge in [-0.05, 0) is 13.0 Å². The van der Waals surface area contributed by atoms with Gasteiger partial charge in [-0.2, -0.15) is 0 Å². The third kappa shape index (κ3) is 2.31. The van der Waals surface area contributed by atoms with Gasteiger partial charge in [-0.15, -0.1) is 0 Å². The molecule has 0 radical (unpaired) electrons. The number of aromatic amines is 1. The van der Waals surface area contributed by atoms with Crippen molar-refractivity contribution in [1.82, 2.24) is 14.7 Å². The number of hydrogen-bond acceptors (Lipinski definition) is 4. The summed E-state index contributed by atoms with van der Waals surface area (Å²) in [6.45, 7) is 1.88. The highest BCUT2D eigenvalue weighted by Gasteiger charge is 2.15. The zero-order chi connectivity index (χ0) is 11.6. The van der Waals surface area contributed by atoms with E-state index in [1.165, 1.54) is 18.7 Å². The number of nitrogens with zero attached hydrogens (tertiary/aromatic N) is 1. The molecule has 6 nitrogen and oxygen atoms in total. The van der Waals surface area contributed by atoms with Gasteiger partial charge in [0.05, 0.1) is 18.7 Å². The second-order valence-electron chi connectivity index (χ2n) is 3.29. The van der Waals surface area contributed by atoms with Crippen molar-refractivity contribution in [3.8, 4) is 0 Å². The predicted molar refractivity (Wildman–Crippen MR) is 56.1 cm³/mol. The number of furan rings is 1. The molecule has 0 saturated heterocycles. The summed E-state index contributed by atoms with van der Waals surface area (Å²) >= 11 is 0. The largest absolute Gasteiger partial charge is 0.472 e. The molecule has 0 bridgehead atoms. The molecule has 0 aromatic carbocycles. The van der Waals surface area contributed by atoms with Crippen LogP contribution in [-0.4, -0.2) is 18.4 Å². The van der Waals surface area contributed by atoms with Crippen LogP contribution in [-0.2, 0) is 16.6 Å². The maximum Gasteiger partial charge on any atom is 0.257 e. The first-order chi connectivity index (χ1) is 7.58. The highest BCUT2D eigenvalue weighted by atomic mass is 32.2. The molecule has 86 valence electrons. The van der Waals surface area contributed by atoms with Crippen molar-refractivity contribution in [3.05, 3.63) is 36.2 Å². The van der Waals surface area contributed by atoms with Crippen molar-refractivity contribution in [3.63, 3.8) is 0 Å². The van der Waals surface area contributed by atoms with Gasteiger partial charge in [0.25, 0.3) is 10.0 Å². The van der Waals surface area contributed by atoms with E-state index in [-0.39, 0.29) is 11.6 Å². The van der Waals surface area contributed by atoms with Gasteiger partial charge in [0.15, 0.2) is 5.03 Å². The maximum absolute atomic E-state index is 11.7. The van der Waals surface area contributed by atoms with E-state index in [1.807, 2.05) is 0 Å². The van der Waals surface area contributed by atoms with Crippen LogP contribution in [0.5, 0.6) is 0 Å². The van der Waals surface area contributed by atoms with Gasteiger partial charge in [0.2, 0.25) is 0 Å². The van der Waals surface area contributed by atoms with Gasteiger partial charge in [-0.1, -0.05) is 0 Å². The van der Waals surface area contributed by atoms with Gasteiger partial charge in [-0.25, -0.2) is 18.1 Å². The Morgan fingerprint density at radius 3 is 2.94 bits per heavy atom. The van der Waals surface area contributed by atoms with Crippen LogP contribution in [0.2, 0.25) is 0 Å². The summed E-state index contributed by atoms with van der Waals surface area (Å²) in [6, 6.07) is 1.70. The quantitative estimate of drug-likeness (QED) is 0.828. The number of aryl methyl sites for hydroxylation is 1. The molecule has 0 saturated carbocycles. The monoisotopic (exact) mass is 241 g/mol. The Hall–Kier alpha value is -1.60. The van der Waals surface area contributed by atoms with Crippen LogP contribution in [0.4, 0.5) is 0 Å². The van der Waals surface area contributed by atoms with Crippen molar-refractivity contribution in [2.45, 2.75) is 18.5 Å². The topological polar surface area (TPSA) is 88.0 Å². The van der Waals surface area contributed by atoms with Gasteiger partial charge in [-0.3, -0.25) is 0 Å². The maximum atomic E-state index is 11.7. The number of sulfonamides is 1. The van der Waals surface area contributed by atoms with Crippen LogP contribution in [0, 0.1) is 6.92 Å². The van der Waals surface area contributed by atoms with Gasteiger partial charge in [0, 0.05) is 12.1 Å². The Bertz CT molecular complexity index is 557. The second-order valence-corrected chi connectivity index (χ2v) is 5.02. The lowest BCUT2D eigenvalue weighted by Crippen LogP contribution is -2.23. The van der Waals surface area contributed by atoms with E-state index < -0.39 is 10.0 Å². The Balaban J connectivity index is 2.09. The predicted octanol–water partition coefficient (Wildman–Crippen LogP) is 0.790. The fourth-order valence-electron chi connectivity index (χ4n) is 1.18. The number of aromatic nitrogens is 2. The molecule has 2 aromatic rings. The Kier molecular flexibility index (Phi) is 2.80.